The van der Waals surface area contributed by atoms with Gasteiger partial charge in [0.15, 0.2) is 0 Å². The summed E-state index contributed by atoms with van der Waals surface area (Å²) in [5.74, 6) is 0.717. The van der Waals surface area contributed by atoms with Crippen LogP contribution < -0.4 is 4.74 Å². The van der Waals surface area contributed by atoms with Crippen LogP contribution in [0.2, 0.25) is 5.02 Å². The van der Waals surface area contributed by atoms with Crippen LogP contribution in [0.15, 0.2) is 42.5 Å². The molecule has 1 nitrogen and oxygen atoms in total. The van der Waals surface area contributed by atoms with E-state index in [9.17, 15) is 4.39 Å². The van der Waals surface area contributed by atoms with Crippen LogP contribution in [0, 0.1) is 11.9 Å². The molecule has 0 saturated carbocycles. The number of hydrogen-bond donors (Lipinski definition) is 0. The van der Waals surface area contributed by atoms with Gasteiger partial charge in [-0.25, -0.2) is 4.39 Å². The van der Waals surface area contributed by atoms with E-state index in [1.165, 1.54) is 18.2 Å². The van der Waals surface area contributed by atoms with E-state index in [0.29, 0.717) is 11.5 Å². The highest BCUT2D eigenvalue weighted by Crippen LogP contribution is 2.25. The molecule has 0 saturated heterocycles. The van der Waals surface area contributed by atoms with Crippen molar-refractivity contribution in [2.24, 2.45) is 0 Å². The lowest BCUT2D eigenvalue weighted by atomic mass is 10.3. The zero-order valence-electron chi connectivity index (χ0n) is 7.71. The summed E-state index contributed by atoms with van der Waals surface area (Å²) in [7, 11) is 0. The minimum atomic E-state index is -0.453. The van der Waals surface area contributed by atoms with E-state index in [1.54, 1.807) is 24.3 Å². The van der Waals surface area contributed by atoms with Crippen molar-refractivity contribution in [3.05, 3.63) is 59.4 Å². The second-order valence-electron chi connectivity index (χ2n) is 2.91. The molecule has 0 N–H and O–H groups in total. The molecule has 75 valence electrons. The highest BCUT2D eigenvalue weighted by molar-refractivity contribution is 6.30. The van der Waals surface area contributed by atoms with E-state index < -0.39 is 5.82 Å². The van der Waals surface area contributed by atoms with Gasteiger partial charge in [-0.05, 0) is 30.3 Å². The molecule has 2 aromatic rings. The molecule has 0 amide bonds. The second-order valence-corrected chi connectivity index (χ2v) is 3.32. The van der Waals surface area contributed by atoms with E-state index in [-0.39, 0.29) is 5.02 Å². The Bertz CT molecular complexity index is 456. The Hall–Kier alpha value is -1.54. The average Bonchev–Trinajstić information content (AvgIpc) is 2.25. The monoisotopic (exact) mass is 221 g/mol. The van der Waals surface area contributed by atoms with Crippen LogP contribution in [-0.2, 0) is 0 Å². The van der Waals surface area contributed by atoms with Crippen molar-refractivity contribution in [3.8, 4) is 11.5 Å². The minimum Gasteiger partial charge on any atom is -0.457 e. The number of rotatable bonds is 2. The zero-order chi connectivity index (χ0) is 10.7. The summed E-state index contributed by atoms with van der Waals surface area (Å²) in [6.45, 7) is 0. The van der Waals surface area contributed by atoms with Gasteiger partial charge in [0.1, 0.15) is 17.3 Å². The van der Waals surface area contributed by atoms with E-state index in [2.05, 4.69) is 6.07 Å². The molecule has 15 heavy (non-hydrogen) atoms. The summed E-state index contributed by atoms with van der Waals surface area (Å²) in [4.78, 5) is 0. The summed E-state index contributed by atoms with van der Waals surface area (Å²) in [5, 5.41) is 0.0509. The van der Waals surface area contributed by atoms with Crippen molar-refractivity contribution >= 4 is 11.6 Å². The molecular formula is C12H7ClFO. The molecule has 0 aliphatic rings. The Kier molecular flexibility index (Phi) is 2.88. The Labute approximate surface area is 92.1 Å². The van der Waals surface area contributed by atoms with E-state index in [0.717, 1.165) is 0 Å². The zero-order valence-corrected chi connectivity index (χ0v) is 8.46. The first-order chi connectivity index (χ1) is 7.25. The van der Waals surface area contributed by atoms with Gasteiger partial charge in [0.2, 0.25) is 0 Å². The first-order valence-electron chi connectivity index (χ1n) is 4.35. The quantitative estimate of drug-likeness (QED) is 0.743. The molecule has 0 fully saturated rings. The van der Waals surface area contributed by atoms with Crippen LogP contribution in [0.3, 0.4) is 0 Å². The number of hydrogen-bond acceptors (Lipinski definition) is 1. The summed E-state index contributed by atoms with van der Waals surface area (Å²) in [6.07, 6.45) is 0. The third kappa shape index (κ3) is 2.48. The summed E-state index contributed by atoms with van der Waals surface area (Å²) < 4.78 is 18.3. The summed E-state index contributed by atoms with van der Waals surface area (Å²) in [5.41, 5.74) is 0. The molecule has 0 atom stereocenters. The SMILES string of the molecule is Fc1ccc(Oc2cc[c]cc2)cc1Cl. The molecule has 0 aromatic heterocycles. The van der Waals surface area contributed by atoms with E-state index in [1.807, 2.05) is 0 Å². The molecule has 3 heteroatoms. The van der Waals surface area contributed by atoms with Crippen LogP contribution in [0.5, 0.6) is 11.5 Å². The van der Waals surface area contributed by atoms with Gasteiger partial charge in [0.05, 0.1) is 5.02 Å². The normalized spacial score (nSPS) is 10.0. The van der Waals surface area contributed by atoms with Gasteiger partial charge in [0.25, 0.3) is 0 Å². The molecule has 0 spiro atoms. The average molecular weight is 222 g/mol. The molecule has 2 rings (SSSR count). The Balaban J connectivity index is 2.22. The first-order valence-corrected chi connectivity index (χ1v) is 4.72. The van der Waals surface area contributed by atoms with Crippen molar-refractivity contribution < 1.29 is 9.13 Å². The van der Waals surface area contributed by atoms with Gasteiger partial charge in [-0.1, -0.05) is 23.7 Å². The summed E-state index contributed by atoms with van der Waals surface area (Å²) in [6, 6.07) is 14.1. The maximum absolute atomic E-state index is 12.8. The third-order valence-corrected chi connectivity index (χ3v) is 2.10. The van der Waals surface area contributed by atoms with Crippen LogP contribution >= 0.6 is 11.6 Å². The van der Waals surface area contributed by atoms with E-state index >= 15 is 0 Å². The van der Waals surface area contributed by atoms with Gasteiger partial charge in [0, 0.05) is 6.07 Å². The predicted octanol–water partition coefficient (Wildman–Crippen LogP) is 4.07. The fourth-order valence-corrected chi connectivity index (χ4v) is 1.29. The lowest BCUT2D eigenvalue weighted by molar-refractivity contribution is 0.480. The van der Waals surface area contributed by atoms with Crippen LogP contribution in [0.25, 0.3) is 0 Å². The molecule has 2 aromatic carbocycles. The lowest BCUT2D eigenvalue weighted by Gasteiger charge is -2.05. The topological polar surface area (TPSA) is 9.23 Å². The molecule has 0 bridgehead atoms. The largest absolute Gasteiger partial charge is 0.457 e. The van der Waals surface area contributed by atoms with Crippen LogP contribution in [-0.4, -0.2) is 0 Å². The van der Waals surface area contributed by atoms with Crippen molar-refractivity contribution in [1.82, 2.24) is 0 Å². The smallest absolute Gasteiger partial charge is 0.142 e. The summed E-state index contributed by atoms with van der Waals surface area (Å²) >= 11 is 5.62. The molecule has 0 unspecified atom stereocenters. The molecular weight excluding hydrogens is 215 g/mol. The third-order valence-electron chi connectivity index (χ3n) is 1.81. The highest BCUT2D eigenvalue weighted by atomic mass is 35.5. The van der Waals surface area contributed by atoms with Gasteiger partial charge < -0.3 is 4.74 Å². The minimum absolute atomic E-state index is 0.0509. The highest BCUT2D eigenvalue weighted by Gasteiger charge is 2.02. The number of benzene rings is 2. The Morgan fingerprint density at radius 1 is 1.07 bits per heavy atom. The molecule has 0 aliphatic carbocycles. The van der Waals surface area contributed by atoms with Gasteiger partial charge >= 0.3 is 0 Å². The standard InChI is InChI=1S/C12H7ClFO/c13-11-8-10(6-7-12(11)14)15-9-4-2-1-3-5-9/h2-8H. The maximum Gasteiger partial charge on any atom is 0.142 e. The number of ether oxygens (including phenoxy) is 1. The van der Waals surface area contributed by atoms with E-state index in [4.69, 9.17) is 16.3 Å². The van der Waals surface area contributed by atoms with Gasteiger partial charge in [-0.2, -0.15) is 0 Å². The fraction of sp³-hybridized carbons (Fsp3) is 0. The fourth-order valence-electron chi connectivity index (χ4n) is 1.12. The van der Waals surface area contributed by atoms with Gasteiger partial charge in [-0.3, -0.25) is 0 Å². The number of halogens is 2. The van der Waals surface area contributed by atoms with Crippen LogP contribution in [0.4, 0.5) is 4.39 Å². The van der Waals surface area contributed by atoms with Crippen molar-refractivity contribution in [2.45, 2.75) is 0 Å². The molecule has 1 radical (unpaired) electrons. The Morgan fingerprint density at radius 3 is 2.47 bits per heavy atom. The molecule has 0 heterocycles. The van der Waals surface area contributed by atoms with Gasteiger partial charge in [-0.15, -0.1) is 0 Å². The molecule has 0 aliphatic heterocycles. The maximum atomic E-state index is 12.8. The van der Waals surface area contributed by atoms with Crippen molar-refractivity contribution in [1.29, 1.82) is 0 Å². The second kappa shape index (κ2) is 4.32. The van der Waals surface area contributed by atoms with Crippen LogP contribution in [0.1, 0.15) is 0 Å². The first kappa shape index (κ1) is 9.99. The lowest BCUT2D eigenvalue weighted by Crippen LogP contribution is -1.84. The predicted molar refractivity (Wildman–Crippen MR) is 56.8 cm³/mol. The van der Waals surface area contributed by atoms with Crippen molar-refractivity contribution in [2.75, 3.05) is 0 Å². The van der Waals surface area contributed by atoms with Crippen molar-refractivity contribution in [3.63, 3.8) is 0 Å². The Morgan fingerprint density at radius 2 is 1.80 bits per heavy atom.